The van der Waals surface area contributed by atoms with E-state index in [0.29, 0.717) is 18.4 Å². The predicted octanol–water partition coefficient (Wildman–Crippen LogP) is 1.70. The van der Waals surface area contributed by atoms with E-state index in [1.165, 1.54) is 32.1 Å². The summed E-state index contributed by atoms with van der Waals surface area (Å²) in [6.07, 6.45) is 6.22. The SMILES string of the molecule is CCOC(=O)[C@@H]1[C@@H](N)[C@@H]2CCCCC[C@@H]21. The average molecular weight is 211 g/mol. The Morgan fingerprint density at radius 2 is 1.93 bits per heavy atom. The maximum atomic E-state index is 11.7. The zero-order valence-corrected chi connectivity index (χ0v) is 9.45. The Morgan fingerprint density at radius 1 is 1.27 bits per heavy atom. The summed E-state index contributed by atoms with van der Waals surface area (Å²) >= 11 is 0. The van der Waals surface area contributed by atoms with Crippen LogP contribution in [0.5, 0.6) is 0 Å². The molecule has 3 nitrogen and oxygen atoms in total. The summed E-state index contributed by atoms with van der Waals surface area (Å²) in [6.45, 7) is 2.33. The van der Waals surface area contributed by atoms with Gasteiger partial charge < -0.3 is 10.5 Å². The van der Waals surface area contributed by atoms with Gasteiger partial charge in [-0.05, 0) is 31.6 Å². The summed E-state index contributed by atoms with van der Waals surface area (Å²) in [5, 5.41) is 0. The van der Waals surface area contributed by atoms with Crippen molar-refractivity contribution in [3.8, 4) is 0 Å². The molecule has 0 aromatic rings. The van der Waals surface area contributed by atoms with Gasteiger partial charge in [-0.15, -0.1) is 0 Å². The third-order valence-corrected chi connectivity index (χ3v) is 4.05. The van der Waals surface area contributed by atoms with E-state index < -0.39 is 0 Å². The lowest BCUT2D eigenvalue weighted by Gasteiger charge is -2.48. The molecule has 15 heavy (non-hydrogen) atoms. The van der Waals surface area contributed by atoms with Gasteiger partial charge in [-0.25, -0.2) is 0 Å². The van der Waals surface area contributed by atoms with Crippen LogP contribution in [0.15, 0.2) is 0 Å². The van der Waals surface area contributed by atoms with Crippen molar-refractivity contribution in [3.05, 3.63) is 0 Å². The van der Waals surface area contributed by atoms with Gasteiger partial charge in [-0.3, -0.25) is 4.79 Å². The summed E-state index contributed by atoms with van der Waals surface area (Å²) in [6, 6.07) is 0.0622. The van der Waals surface area contributed by atoms with Gasteiger partial charge in [-0.2, -0.15) is 0 Å². The number of ether oxygens (including phenoxy) is 1. The topological polar surface area (TPSA) is 52.3 Å². The Morgan fingerprint density at radius 3 is 2.60 bits per heavy atom. The summed E-state index contributed by atoms with van der Waals surface area (Å²) in [4.78, 5) is 11.7. The van der Waals surface area contributed by atoms with Crippen molar-refractivity contribution >= 4 is 5.97 Å². The quantitative estimate of drug-likeness (QED) is 0.707. The highest BCUT2D eigenvalue weighted by Gasteiger charge is 2.52. The molecule has 2 fully saturated rings. The minimum absolute atomic E-state index is 0.00644. The van der Waals surface area contributed by atoms with Crippen LogP contribution in [0, 0.1) is 17.8 Å². The van der Waals surface area contributed by atoms with E-state index in [1.54, 1.807) is 0 Å². The van der Waals surface area contributed by atoms with Crippen molar-refractivity contribution in [2.24, 2.45) is 23.5 Å². The van der Waals surface area contributed by atoms with Crippen LogP contribution >= 0.6 is 0 Å². The van der Waals surface area contributed by atoms with E-state index in [9.17, 15) is 4.79 Å². The molecule has 0 unspecified atom stereocenters. The van der Waals surface area contributed by atoms with Gasteiger partial charge in [0.25, 0.3) is 0 Å². The number of carbonyl (C=O) groups excluding carboxylic acids is 1. The van der Waals surface area contributed by atoms with E-state index >= 15 is 0 Å². The second-order valence-corrected chi connectivity index (χ2v) is 4.82. The van der Waals surface area contributed by atoms with Crippen LogP contribution in [0.25, 0.3) is 0 Å². The van der Waals surface area contributed by atoms with Crippen LogP contribution in [0.4, 0.5) is 0 Å². The molecule has 0 saturated heterocycles. The van der Waals surface area contributed by atoms with Crippen molar-refractivity contribution in [1.82, 2.24) is 0 Å². The molecule has 2 rings (SSSR count). The highest BCUT2D eigenvalue weighted by molar-refractivity contribution is 5.75. The minimum atomic E-state index is -0.0619. The van der Waals surface area contributed by atoms with E-state index in [0.717, 1.165) is 0 Å². The van der Waals surface area contributed by atoms with Crippen LogP contribution in [0.3, 0.4) is 0 Å². The second kappa shape index (κ2) is 4.52. The zero-order valence-electron chi connectivity index (χ0n) is 9.45. The summed E-state index contributed by atoms with van der Waals surface area (Å²) in [5.74, 6) is 1.03. The van der Waals surface area contributed by atoms with Crippen molar-refractivity contribution in [1.29, 1.82) is 0 Å². The lowest BCUT2D eigenvalue weighted by Crippen LogP contribution is -2.59. The molecule has 0 aromatic carbocycles. The molecule has 2 saturated carbocycles. The van der Waals surface area contributed by atoms with Gasteiger partial charge in [0.05, 0.1) is 12.5 Å². The zero-order chi connectivity index (χ0) is 10.8. The maximum absolute atomic E-state index is 11.7. The third kappa shape index (κ3) is 1.89. The molecule has 3 heteroatoms. The average Bonchev–Trinajstić information content (AvgIpc) is 2.40. The summed E-state index contributed by atoms with van der Waals surface area (Å²) in [7, 11) is 0. The lowest BCUT2D eigenvalue weighted by molar-refractivity contribution is -0.160. The van der Waals surface area contributed by atoms with Crippen molar-refractivity contribution < 1.29 is 9.53 Å². The number of hydrogen-bond acceptors (Lipinski definition) is 3. The van der Waals surface area contributed by atoms with E-state index in [2.05, 4.69) is 0 Å². The number of hydrogen-bond donors (Lipinski definition) is 1. The fraction of sp³-hybridized carbons (Fsp3) is 0.917. The molecule has 4 atom stereocenters. The fourth-order valence-corrected chi connectivity index (χ4v) is 3.27. The third-order valence-electron chi connectivity index (χ3n) is 4.05. The standard InChI is InChI=1S/C12H21NO2/c1-2-15-12(14)10-8-6-4-3-5-7-9(8)11(10)13/h8-11H,2-7,13H2,1H3/t8-,9+,10-,11-/m0/s1. The molecule has 0 aromatic heterocycles. The lowest BCUT2D eigenvalue weighted by atomic mass is 9.59. The number of esters is 1. The first-order valence-corrected chi connectivity index (χ1v) is 6.18. The van der Waals surface area contributed by atoms with Crippen molar-refractivity contribution in [2.45, 2.75) is 45.1 Å². The Balaban J connectivity index is 1.98. The molecule has 2 N–H and O–H groups in total. The normalized spacial score (nSPS) is 39.9. The van der Waals surface area contributed by atoms with E-state index in [4.69, 9.17) is 10.5 Å². The highest BCUT2D eigenvalue weighted by Crippen LogP contribution is 2.47. The first-order chi connectivity index (χ1) is 7.25. The van der Waals surface area contributed by atoms with Crippen LogP contribution < -0.4 is 5.73 Å². The molecule has 0 radical (unpaired) electrons. The molecule has 0 heterocycles. The van der Waals surface area contributed by atoms with Gasteiger partial charge in [0, 0.05) is 6.04 Å². The summed E-state index contributed by atoms with van der Waals surface area (Å²) < 4.78 is 5.09. The van der Waals surface area contributed by atoms with Gasteiger partial charge in [0.15, 0.2) is 0 Å². The van der Waals surface area contributed by atoms with Crippen molar-refractivity contribution in [3.63, 3.8) is 0 Å². The largest absolute Gasteiger partial charge is 0.466 e. The van der Waals surface area contributed by atoms with E-state index in [1.807, 2.05) is 6.92 Å². The van der Waals surface area contributed by atoms with Crippen LogP contribution in [-0.2, 0) is 9.53 Å². The molecule has 2 aliphatic rings. The Hall–Kier alpha value is -0.570. The number of carbonyl (C=O) groups is 1. The predicted molar refractivity (Wildman–Crippen MR) is 58.2 cm³/mol. The molecule has 0 spiro atoms. The molecule has 2 aliphatic carbocycles. The summed E-state index contributed by atoms with van der Waals surface area (Å²) in [5.41, 5.74) is 6.08. The first-order valence-electron chi connectivity index (χ1n) is 6.18. The first kappa shape index (κ1) is 10.9. The van der Waals surface area contributed by atoms with E-state index in [-0.39, 0.29) is 17.9 Å². The molecule has 0 aliphatic heterocycles. The number of fused-ring (bicyclic) bond motifs is 1. The second-order valence-electron chi connectivity index (χ2n) is 4.82. The number of rotatable bonds is 2. The smallest absolute Gasteiger partial charge is 0.310 e. The molecule has 86 valence electrons. The maximum Gasteiger partial charge on any atom is 0.310 e. The van der Waals surface area contributed by atoms with Gasteiger partial charge in [-0.1, -0.05) is 19.3 Å². The highest BCUT2D eigenvalue weighted by atomic mass is 16.5. The minimum Gasteiger partial charge on any atom is -0.466 e. The molecule has 0 bridgehead atoms. The number of nitrogens with two attached hydrogens (primary N) is 1. The van der Waals surface area contributed by atoms with Gasteiger partial charge in [0.2, 0.25) is 0 Å². The fourth-order valence-electron chi connectivity index (χ4n) is 3.27. The monoisotopic (exact) mass is 211 g/mol. The van der Waals surface area contributed by atoms with Crippen molar-refractivity contribution in [2.75, 3.05) is 6.61 Å². The Kier molecular flexibility index (Phi) is 3.29. The van der Waals surface area contributed by atoms with Gasteiger partial charge in [0.1, 0.15) is 0 Å². The Labute approximate surface area is 91.4 Å². The molecular formula is C12H21NO2. The Bertz CT molecular complexity index is 242. The van der Waals surface area contributed by atoms with Crippen LogP contribution in [-0.4, -0.2) is 18.6 Å². The molecule has 0 amide bonds. The van der Waals surface area contributed by atoms with Gasteiger partial charge >= 0.3 is 5.97 Å². The molecular weight excluding hydrogens is 190 g/mol. The van der Waals surface area contributed by atoms with Crippen LogP contribution in [0.1, 0.15) is 39.0 Å². The van der Waals surface area contributed by atoms with Crippen LogP contribution in [0.2, 0.25) is 0 Å².